The minimum atomic E-state index is 0.0214. The van der Waals surface area contributed by atoms with Gasteiger partial charge < -0.3 is 5.32 Å². The molecule has 1 fully saturated rings. The fourth-order valence-corrected chi connectivity index (χ4v) is 6.10. The number of aromatic nitrogens is 2. The van der Waals surface area contributed by atoms with Crippen molar-refractivity contribution in [3.05, 3.63) is 57.1 Å². The molecule has 0 radical (unpaired) electrons. The molecule has 162 valence electrons. The zero-order valence-corrected chi connectivity index (χ0v) is 19.1. The van der Waals surface area contributed by atoms with E-state index in [-0.39, 0.29) is 11.9 Å². The lowest BCUT2D eigenvalue weighted by Gasteiger charge is -2.32. The molecule has 2 aromatic heterocycles. The van der Waals surface area contributed by atoms with Crippen molar-refractivity contribution >= 4 is 39.7 Å². The Morgan fingerprint density at radius 1 is 1.19 bits per heavy atom. The second-order valence-corrected chi connectivity index (χ2v) is 10.4. The van der Waals surface area contributed by atoms with Gasteiger partial charge in [0.25, 0.3) is 5.91 Å². The van der Waals surface area contributed by atoms with E-state index in [1.807, 2.05) is 30.3 Å². The fraction of sp³-hybridized carbons (Fsp3) is 0.458. The van der Waals surface area contributed by atoms with Crippen molar-refractivity contribution in [2.45, 2.75) is 51.1 Å². The zero-order valence-electron chi connectivity index (χ0n) is 17.5. The van der Waals surface area contributed by atoms with Gasteiger partial charge in [0.1, 0.15) is 0 Å². The van der Waals surface area contributed by atoms with Crippen LogP contribution < -0.4 is 5.32 Å². The molecule has 1 aromatic carbocycles. The lowest BCUT2D eigenvalue weighted by Crippen LogP contribution is -2.38. The molecule has 1 aliphatic heterocycles. The van der Waals surface area contributed by atoms with Crippen LogP contribution in [-0.4, -0.2) is 39.9 Å². The van der Waals surface area contributed by atoms with Crippen molar-refractivity contribution in [1.82, 2.24) is 20.2 Å². The maximum absolute atomic E-state index is 12.9. The Bertz CT molecular complexity index is 1070. The predicted molar refractivity (Wildman–Crippen MR) is 126 cm³/mol. The molecular weight excluding hydrogens is 428 g/mol. The number of carbonyl (C=O) groups excluding carboxylic acids is 1. The van der Waals surface area contributed by atoms with Crippen LogP contribution in [0.15, 0.2) is 36.5 Å². The third-order valence-electron chi connectivity index (χ3n) is 6.71. The molecule has 1 amide bonds. The topological polar surface area (TPSA) is 58.1 Å². The van der Waals surface area contributed by atoms with E-state index in [0.717, 1.165) is 61.3 Å². The average molecular weight is 455 g/mol. The number of pyridine rings is 1. The molecule has 2 aliphatic rings. The van der Waals surface area contributed by atoms with Crippen LogP contribution in [0.25, 0.3) is 10.9 Å². The number of carbonyl (C=O) groups is 1. The van der Waals surface area contributed by atoms with Crippen molar-refractivity contribution in [2.24, 2.45) is 5.92 Å². The van der Waals surface area contributed by atoms with Gasteiger partial charge in [-0.05, 0) is 69.2 Å². The number of rotatable bonds is 5. The van der Waals surface area contributed by atoms with E-state index < -0.39 is 0 Å². The van der Waals surface area contributed by atoms with Gasteiger partial charge in [-0.1, -0.05) is 23.7 Å². The zero-order chi connectivity index (χ0) is 21.2. The molecular formula is C24H27ClN4OS. The molecule has 1 aliphatic carbocycles. The number of thiazole rings is 1. The minimum Gasteiger partial charge on any atom is -0.349 e. The summed E-state index contributed by atoms with van der Waals surface area (Å²) in [4.78, 5) is 25.6. The van der Waals surface area contributed by atoms with E-state index in [0.29, 0.717) is 4.47 Å². The normalized spacial score (nSPS) is 21.7. The summed E-state index contributed by atoms with van der Waals surface area (Å²) in [6.45, 7) is 3.17. The SMILES string of the molecule is O=C(N[C@H]1CC[C@H](CCN2CCc3sc(Cl)nc3C2)CC1)c1cccc2ncccc12. The Kier molecular flexibility index (Phi) is 6.21. The first kappa shape index (κ1) is 20.9. The van der Waals surface area contributed by atoms with Gasteiger partial charge in [0.15, 0.2) is 4.47 Å². The standard InChI is InChI=1S/C24H27ClN4OS/c25-24-28-21-15-29(14-11-22(21)31-24)13-10-16-6-8-17(9-7-16)27-23(30)19-3-1-5-20-18(19)4-2-12-26-20/h1-5,12,16-17H,6-11,13-15H2,(H,27,30)/t16-,17-. The van der Waals surface area contributed by atoms with Gasteiger partial charge >= 0.3 is 0 Å². The Morgan fingerprint density at radius 3 is 2.94 bits per heavy atom. The molecule has 5 nitrogen and oxygen atoms in total. The highest BCUT2D eigenvalue weighted by atomic mass is 35.5. The van der Waals surface area contributed by atoms with E-state index in [9.17, 15) is 4.79 Å². The fourth-order valence-electron chi connectivity index (χ4n) is 4.94. The largest absolute Gasteiger partial charge is 0.349 e. The third-order valence-corrected chi connectivity index (χ3v) is 7.97. The van der Waals surface area contributed by atoms with Gasteiger partial charge in [-0.25, -0.2) is 4.98 Å². The number of benzene rings is 1. The summed E-state index contributed by atoms with van der Waals surface area (Å²) in [5.74, 6) is 0.767. The number of amides is 1. The van der Waals surface area contributed by atoms with E-state index in [1.54, 1.807) is 17.5 Å². The Balaban J connectivity index is 1.10. The number of fused-ring (bicyclic) bond motifs is 2. The maximum atomic E-state index is 12.9. The first-order chi connectivity index (χ1) is 15.2. The molecule has 1 saturated carbocycles. The number of nitrogens with one attached hydrogen (secondary N) is 1. The molecule has 0 unspecified atom stereocenters. The predicted octanol–water partition coefficient (Wildman–Crippen LogP) is 5.08. The van der Waals surface area contributed by atoms with Crippen LogP contribution in [0.5, 0.6) is 0 Å². The Labute approximate surface area is 191 Å². The monoisotopic (exact) mass is 454 g/mol. The Morgan fingerprint density at radius 2 is 2.06 bits per heavy atom. The van der Waals surface area contributed by atoms with Gasteiger partial charge in [0.05, 0.1) is 11.2 Å². The van der Waals surface area contributed by atoms with Crippen LogP contribution in [0.2, 0.25) is 4.47 Å². The maximum Gasteiger partial charge on any atom is 0.252 e. The summed E-state index contributed by atoms with van der Waals surface area (Å²) < 4.78 is 0.673. The van der Waals surface area contributed by atoms with Crippen LogP contribution >= 0.6 is 22.9 Å². The highest BCUT2D eigenvalue weighted by molar-refractivity contribution is 7.15. The first-order valence-corrected chi connectivity index (χ1v) is 12.4. The molecule has 7 heteroatoms. The molecule has 3 heterocycles. The van der Waals surface area contributed by atoms with Gasteiger partial charge in [0, 0.05) is 41.2 Å². The molecule has 5 rings (SSSR count). The molecule has 31 heavy (non-hydrogen) atoms. The smallest absolute Gasteiger partial charge is 0.252 e. The van der Waals surface area contributed by atoms with Crippen LogP contribution in [0.1, 0.15) is 53.0 Å². The van der Waals surface area contributed by atoms with Crippen molar-refractivity contribution in [3.63, 3.8) is 0 Å². The lowest BCUT2D eigenvalue weighted by molar-refractivity contribution is 0.0921. The van der Waals surface area contributed by atoms with Crippen molar-refractivity contribution in [3.8, 4) is 0 Å². The summed E-state index contributed by atoms with van der Waals surface area (Å²) in [7, 11) is 0. The summed E-state index contributed by atoms with van der Waals surface area (Å²) in [5, 5.41) is 4.19. The quantitative estimate of drug-likeness (QED) is 0.583. The molecule has 3 aromatic rings. The molecule has 0 saturated heterocycles. The van der Waals surface area contributed by atoms with Gasteiger partial charge in [-0.3, -0.25) is 14.7 Å². The summed E-state index contributed by atoms with van der Waals surface area (Å²) in [6.07, 6.45) is 8.55. The summed E-state index contributed by atoms with van der Waals surface area (Å²) >= 11 is 7.70. The van der Waals surface area contributed by atoms with E-state index >= 15 is 0 Å². The molecule has 0 atom stereocenters. The number of hydrogen-bond acceptors (Lipinski definition) is 5. The molecule has 1 N–H and O–H groups in total. The van der Waals surface area contributed by atoms with Crippen LogP contribution in [-0.2, 0) is 13.0 Å². The first-order valence-electron chi connectivity index (χ1n) is 11.2. The van der Waals surface area contributed by atoms with Gasteiger partial charge in [-0.15, -0.1) is 11.3 Å². The van der Waals surface area contributed by atoms with Crippen molar-refractivity contribution in [1.29, 1.82) is 0 Å². The van der Waals surface area contributed by atoms with Crippen molar-refractivity contribution in [2.75, 3.05) is 13.1 Å². The highest BCUT2D eigenvalue weighted by Gasteiger charge is 2.25. The number of hydrogen-bond donors (Lipinski definition) is 1. The van der Waals surface area contributed by atoms with Crippen LogP contribution in [0.4, 0.5) is 0 Å². The average Bonchev–Trinajstić information content (AvgIpc) is 3.17. The van der Waals surface area contributed by atoms with Crippen molar-refractivity contribution < 1.29 is 4.79 Å². The van der Waals surface area contributed by atoms with Crippen LogP contribution in [0.3, 0.4) is 0 Å². The number of nitrogens with zero attached hydrogens (tertiary/aromatic N) is 3. The second kappa shape index (κ2) is 9.23. The Hall–Kier alpha value is -2.02. The van der Waals surface area contributed by atoms with Gasteiger partial charge in [-0.2, -0.15) is 0 Å². The van der Waals surface area contributed by atoms with Gasteiger partial charge in [0.2, 0.25) is 0 Å². The van der Waals surface area contributed by atoms with E-state index in [1.165, 1.54) is 29.8 Å². The third kappa shape index (κ3) is 4.76. The lowest BCUT2D eigenvalue weighted by atomic mass is 9.84. The minimum absolute atomic E-state index is 0.0214. The molecule has 0 spiro atoms. The van der Waals surface area contributed by atoms with E-state index in [2.05, 4.69) is 20.2 Å². The molecule has 0 bridgehead atoms. The summed E-state index contributed by atoms with van der Waals surface area (Å²) in [5.41, 5.74) is 2.76. The second-order valence-electron chi connectivity index (χ2n) is 8.72. The van der Waals surface area contributed by atoms with E-state index in [4.69, 9.17) is 11.6 Å². The number of halogens is 1. The van der Waals surface area contributed by atoms with Crippen LogP contribution in [0, 0.1) is 5.92 Å². The highest BCUT2D eigenvalue weighted by Crippen LogP contribution is 2.30. The summed E-state index contributed by atoms with van der Waals surface area (Å²) in [6, 6.07) is 9.87.